The number of aromatic nitrogens is 2. The van der Waals surface area contributed by atoms with Gasteiger partial charge in [-0.25, -0.2) is 0 Å². The molecule has 0 spiro atoms. The van der Waals surface area contributed by atoms with Gasteiger partial charge in [-0.3, -0.25) is 24.1 Å². The van der Waals surface area contributed by atoms with Gasteiger partial charge < -0.3 is 4.90 Å². The standard InChI is InChI=1S/C21H27N5O2/c1-16-15-19(23(2)22-16)26-10-6-9-18(21(26)28)24-11-13-25(14-12-24)20(27)17-7-4-3-5-8-17/h3-5,7-8,15,18H,6,9-14H2,1-2H3. The van der Waals surface area contributed by atoms with E-state index in [9.17, 15) is 9.59 Å². The molecule has 2 saturated heterocycles. The van der Waals surface area contributed by atoms with Crippen molar-refractivity contribution in [3.63, 3.8) is 0 Å². The van der Waals surface area contributed by atoms with Crippen LogP contribution < -0.4 is 4.90 Å². The predicted molar refractivity (Wildman–Crippen MR) is 107 cm³/mol. The fraction of sp³-hybridized carbons (Fsp3) is 0.476. The molecule has 1 aromatic carbocycles. The number of carbonyl (C=O) groups is 2. The molecule has 0 aliphatic carbocycles. The van der Waals surface area contributed by atoms with Crippen LogP contribution in [0.5, 0.6) is 0 Å². The fourth-order valence-corrected chi connectivity index (χ4v) is 4.27. The number of carbonyl (C=O) groups excluding carboxylic acids is 2. The van der Waals surface area contributed by atoms with Crippen LogP contribution in [0.1, 0.15) is 28.9 Å². The molecule has 2 aliphatic heterocycles. The second-order valence-electron chi connectivity index (χ2n) is 7.61. The summed E-state index contributed by atoms with van der Waals surface area (Å²) in [7, 11) is 1.88. The molecule has 0 radical (unpaired) electrons. The first kappa shape index (κ1) is 18.7. The van der Waals surface area contributed by atoms with E-state index in [2.05, 4.69) is 10.00 Å². The molecule has 1 atom stereocenters. The van der Waals surface area contributed by atoms with Crippen molar-refractivity contribution in [3.05, 3.63) is 47.7 Å². The number of aryl methyl sites for hydroxylation is 2. The van der Waals surface area contributed by atoms with Crippen molar-refractivity contribution in [1.29, 1.82) is 0 Å². The smallest absolute Gasteiger partial charge is 0.253 e. The molecule has 28 heavy (non-hydrogen) atoms. The summed E-state index contributed by atoms with van der Waals surface area (Å²) in [5.74, 6) is 1.09. The molecule has 4 rings (SSSR count). The van der Waals surface area contributed by atoms with Gasteiger partial charge in [-0.15, -0.1) is 0 Å². The normalized spacial score (nSPS) is 21.2. The minimum atomic E-state index is -0.113. The summed E-state index contributed by atoms with van der Waals surface area (Å²) in [6.45, 7) is 5.45. The highest BCUT2D eigenvalue weighted by molar-refractivity contribution is 5.97. The zero-order valence-corrected chi connectivity index (χ0v) is 16.5. The van der Waals surface area contributed by atoms with Crippen LogP contribution in [-0.2, 0) is 11.8 Å². The molecule has 0 bridgehead atoms. The molecule has 2 amide bonds. The molecule has 148 valence electrons. The minimum absolute atomic E-state index is 0.0715. The van der Waals surface area contributed by atoms with Crippen LogP contribution >= 0.6 is 0 Å². The Balaban J connectivity index is 1.41. The van der Waals surface area contributed by atoms with Crippen LogP contribution in [0.15, 0.2) is 36.4 Å². The van der Waals surface area contributed by atoms with Gasteiger partial charge in [-0.1, -0.05) is 18.2 Å². The zero-order valence-electron chi connectivity index (χ0n) is 16.5. The third kappa shape index (κ3) is 3.54. The van der Waals surface area contributed by atoms with Gasteiger partial charge in [0, 0.05) is 51.4 Å². The van der Waals surface area contributed by atoms with Gasteiger partial charge >= 0.3 is 0 Å². The number of piperazine rings is 1. The Hall–Kier alpha value is -2.67. The summed E-state index contributed by atoms with van der Waals surface area (Å²) >= 11 is 0. The number of hydrogen-bond donors (Lipinski definition) is 0. The SMILES string of the molecule is Cc1cc(N2CCCC(N3CCN(C(=O)c4ccccc4)CC3)C2=O)n(C)n1. The van der Waals surface area contributed by atoms with Crippen LogP contribution in [-0.4, -0.2) is 70.2 Å². The molecule has 1 unspecified atom stereocenters. The lowest BCUT2D eigenvalue weighted by Gasteiger charge is -2.42. The van der Waals surface area contributed by atoms with E-state index < -0.39 is 0 Å². The van der Waals surface area contributed by atoms with Crippen molar-refractivity contribution in [3.8, 4) is 0 Å². The number of piperidine rings is 1. The van der Waals surface area contributed by atoms with E-state index in [0.717, 1.165) is 49.6 Å². The number of benzene rings is 1. The third-order valence-electron chi connectivity index (χ3n) is 5.73. The average molecular weight is 381 g/mol. The Morgan fingerprint density at radius 2 is 1.79 bits per heavy atom. The largest absolute Gasteiger partial charge is 0.336 e. The number of nitrogens with zero attached hydrogens (tertiary/aromatic N) is 5. The quantitative estimate of drug-likeness (QED) is 0.812. The monoisotopic (exact) mass is 381 g/mol. The lowest BCUT2D eigenvalue weighted by atomic mass is 10.0. The first-order chi connectivity index (χ1) is 13.5. The Morgan fingerprint density at radius 3 is 2.43 bits per heavy atom. The number of amides is 2. The van der Waals surface area contributed by atoms with Gasteiger partial charge in [0.1, 0.15) is 5.82 Å². The lowest BCUT2D eigenvalue weighted by molar-refractivity contribution is -0.126. The van der Waals surface area contributed by atoms with Crippen molar-refractivity contribution in [1.82, 2.24) is 19.6 Å². The molecule has 3 heterocycles. The molecule has 2 aromatic rings. The van der Waals surface area contributed by atoms with Crippen molar-refractivity contribution in [2.45, 2.75) is 25.8 Å². The van der Waals surface area contributed by atoms with E-state index >= 15 is 0 Å². The molecule has 0 saturated carbocycles. The molecule has 2 fully saturated rings. The highest BCUT2D eigenvalue weighted by atomic mass is 16.2. The van der Waals surface area contributed by atoms with Crippen LogP contribution in [0.4, 0.5) is 5.82 Å². The van der Waals surface area contributed by atoms with Crippen molar-refractivity contribution in [2.24, 2.45) is 7.05 Å². The summed E-state index contributed by atoms with van der Waals surface area (Å²) in [4.78, 5) is 31.8. The first-order valence-electron chi connectivity index (χ1n) is 9.95. The molecule has 7 heteroatoms. The summed E-state index contributed by atoms with van der Waals surface area (Å²) in [6.07, 6.45) is 1.85. The zero-order chi connectivity index (χ0) is 19.7. The van der Waals surface area contributed by atoms with Crippen LogP contribution in [0, 0.1) is 6.92 Å². The lowest BCUT2D eigenvalue weighted by Crippen LogP contribution is -2.58. The maximum atomic E-state index is 13.2. The van der Waals surface area contributed by atoms with Crippen molar-refractivity contribution in [2.75, 3.05) is 37.6 Å². The highest BCUT2D eigenvalue weighted by Gasteiger charge is 2.36. The van der Waals surface area contributed by atoms with Gasteiger partial charge in [0.05, 0.1) is 11.7 Å². The summed E-state index contributed by atoms with van der Waals surface area (Å²) in [6, 6.07) is 11.3. The maximum absolute atomic E-state index is 13.2. The Bertz CT molecular complexity index is 855. The van der Waals surface area contributed by atoms with E-state index in [-0.39, 0.29) is 17.9 Å². The van der Waals surface area contributed by atoms with Gasteiger partial charge in [0.2, 0.25) is 5.91 Å². The van der Waals surface area contributed by atoms with Crippen LogP contribution in [0.2, 0.25) is 0 Å². The minimum Gasteiger partial charge on any atom is -0.336 e. The van der Waals surface area contributed by atoms with E-state index in [4.69, 9.17) is 0 Å². The van der Waals surface area contributed by atoms with Gasteiger partial charge in [-0.05, 0) is 31.9 Å². The maximum Gasteiger partial charge on any atom is 0.253 e. The summed E-state index contributed by atoms with van der Waals surface area (Å²) < 4.78 is 1.78. The predicted octanol–water partition coefficient (Wildman–Crippen LogP) is 1.68. The van der Waals surface area contributed by atoms with Crippen molar-refractivity contribution < 1.29 is 9.59 Å². The fourth-order valence-electron chi connectivity index (χ4n) is 4.27. The van der Waals surface area contributed by atoms with E-state index in [1.165, 1.54) is 0 Å². The number of anilines is 1. The Labute approximate surface area is 165 Å². The molecule has 0 N–H and O–H groups in total. The van der Waals surface area contributed by atoms with Crippen LogP contribution in [0.3, 0.4) is 0 Å². The van der Waals surface area contributed by atoms with Gasteiger partial charge in [0.15, 0.2) is 0 Å². The highest BCUT2D eigenvalue weighted by Crippen LogP contribution is 2.25. The summed E-state index contributed by atoms with van der Waals surface area (Å²) in [5, 5.41) is 4.38. The van der Waals surface area contributed by atoms with E-state index in [1.807, 2.05) is 60.2 Å². The molecular formula is C21H27N5O2. The molecular weight excluding hydrogens is 354 g/mol. The Kier molecular flexibility index (Phi) is 5.17. The average Bonchev–Trinajstić information content (AvgIpc) is 3.06. The topological polar surface area (TPSA) is 61.7 Å². The molecule has 7 nitrogen and oxygen atoms in total. The van der Waals surface area contributed by atoms with Gasteiger partial charge in [0.25, 0.3) is 5.91 Å². The van der Waals surface area contributed by atoms with E-state index in [0.29, 0.717) is 13.1 Å². The van der Waals surface area contributed by atoms with Crippen LogP contribution in [0.25, 0.3) is 0 Å². The Morgan fingerprint density at radius 1 is 1.07 bits per heavy atom. The molecule has 1 aromatic heterocycles. The third-order valence-corrected chi connectivity index (χ3v) is 5.73. The second kappa shape index (κ2) is 7.75. The number of hydrogen-bond acceptors (Lipinski definition) is 4. The second-order valence-corrected chi connectivity index (χ2v) is 7.61. The molecule has 2 aliphatic rings. The van der Waals surface area contributed by atoms with Crippen molar-refractivity contribution >= 4 is 17.6 Å². The first-order valence-corrected chi connectivity index (χ1v) is 9.95. The van der Waals surface area contributed by atoms with E-state index in [1.54, 1.807) is 4.68 Å². The van der Waals surface area contributed by atoms with Gasteiger partial charge in [-0.2, -0.15) is 5.10 Å². The summed E-state index contributed by atoms with van der Waals surface area (Å²) in [5.41, 5.74) is 1.64. The number of rotatable bonds is 3.